The number of aryl methyl sites for hydroxylation is 3. The van der Waals surface area contributed by atoms with E-state index in [4.69, 9.17) is 9.90 Å². The molecular weight excluding hydrogens is 503 g/mol. The molecule has 2 rings (SSSR count). The third-order valence-corrected chi connectivity index (χ3v) is 6.66. The highest BCUT2D eigenvalue weighted by molar-refractivity contribution is 7.92. The zero-order valence-corrected chi connectivity index (χ0v) is 21.4. The molecule has 0 fully saturated rings. The number of sulfonamides is 1. The molecular formula is C23H30F3N3O6S. The van der Waals surface area contributed by atoms with Gasteiger partial charge in [-0.05, 0) is 62.9 Å². The number of hydrogen-bond donors (Lipinski definition) is 3. The lowest BCUT2D eigenvalue weighted by Crippen LogP contribution is -2.27. The number of pyridine rings is 1. The van der Waals surface area contributed by atoms with Gasteiger partial charge in [0.25, 0.3) is 10.0 Å². The third kappa shape index (κ3) is 8.40. The summed E-state index contributed by atoms with van der Waals surface area (Å²) in [5.41, 5.74) is 2.59. The van der Waals surface area contributed by atoms with Gasteiger partial charge in [-0.25, -0.2) is 23.0 Å². The van der Waals surface area contributed by atoms with Gasteiger partial charge in [-0.1, -0.05) is 19.4 Å². The molecule has 0 aliphatic carbocycles. The molecule has 0 amide bonds. The van der Waals surface area contributed by atoms with Gasteiger partial charge in [-0.15, -0.1) is 0 Å². The monoisotopic (exact) mass is 533 g/mol. The quantitative estimate of drug-likeness (QED) is 0.419. The Morgan fingerprint density at radius 3 is 2.06 bits per heavy atom. The van der Waals surface area contributed by atoms with Crippen LogP contribution in [0.15, 0.2) is 29.3 Å². The first-order valence-electron chi connectivity index (χ1n) is 10.9. The number of benzene rings is 1. The average Bonchev–Trinajstić information content (AvgIpc) is 2.76. The fourth-order valence-electron chi connectivity index (χ4n) is 3.12. The smallest absolute Gasteiger partial charge is 0.478 e. The molecule has 36 heavy (non-hydrogen) atoms. The molecule has 1 aromatic heterocycles. The number of unbranched alkanes of at least 4 members (excludes halogenated alkanes) is 1. The standard InChI is InChI=1S/C21H29N3O4S.C2HF3O2/c1-6-8-9-24(7-2)20-18(21(25)26)12-17(13-22-20)23-29(27,28)19-11-15(4)14(3)10-16(19)5;3-2(4,5)1(6)7/h10-13,23H,6-9H2,1-5H3,(H,25,26);(H,6,7). The summed E-state index contributed by atoms with van der Waals surface area (Å²) in [4.78, 5) is 27.0. The SMILES string of the molecule is CCCCN(CC)c1ncc(NS(=O)(=O)c2cc(C)c(C)cc2C)cc1C(=O)O.O=C(O)C(F)(F)F. The maximum Gasteiger partial charge on any atom is 0.490 e. The first-order valence-corrected chi connectivity index (χ1v) is 12.4. The summed E-state index contributed by atoms with van der Waals surface area (Å²) >= 11 is 0. The van der Waals surface area contributed by atoms with Gasteiger partial charge in [-0.2, -0.15) is 13.2 Å². The van der Waals surface area contributed by atoms with E-state index < -0.39 is 28.1 Å². The second-order valence-electron chi connectivity index (χ2n) is 7.94. The van der Waals surface area contributed by atoms with Gasteiger partial charge in [0.15, 0.2) is 0 Å². The second kappa shape index (κ2) is 12.6. The number of nitrogens with one attached hydrogen (secondary N) is 1. The van der Waals surface area contributed by atoms with Gasteiger partial charge in [0.2, 0.25) is 0 Å². The molecule has 9 nitrogen and oxygen atoms in total. The van der Waals surface area contributed by atoms with Crippen LogP contribution in [0.5, 0.6) is 0 Å². The van der Waals surface area contributed by atoms with Crippen LogP contribution in [0.25, 0.3) is 0 Å². The fourth-order valence-corrected chi connectivity index (χ4v) is 4.47. The first-order chi connectivity index (χ1) is 16.5. The van der Waals surface area contributed by atoms with Crippen molar-refractivity contribution in [3.8, 4) is 0 Å². The van der Waals surface area contributed by atoms with Crippen LogP contribution in [0.4, 0.5) is 24.7 Å². The van der Waals surface area contributed by atoms with Crippen molar-refractivity contribution >= 4 is 33.5 Å². The van der Waals surface area contributed by atoms with E-state index in [1.165, 1.54) is 12.3 Å². The minimum absolute atomic E-state index is 0.0278. The van der Waals surface area contributed by atoms with Gasteiger partial charge in [0.1, 0.15) is 11.4 Å². The fraction of sp³-hybridized carbons (Fsp3) is 0.435. The highest BCUT2D eigenvalue weighted by Gasteiger charge is 2.38. The van der Waals surface area contributed by atoms with Crippen molar-refractivity contribution in [1.29, 1.82) is 0 Å². The Morgan fingerprint density at radius 1 is 1.03 bits per heavy atom. The van der Waals surface area contributed by atoms with E-state index in [0.29, 0.717) is 24.5 Å². The van der Waals surface area contributed by atoms with Gasteiger partial charge in [0, 0.05) is 13.1 Å². The Kier molecular flexibility index (Phi) is 10.7. The average molecular weight is 534 g/mol. The summed E-state index contributed by atoms with van der Waals surface area (Å²) in [6.07, 6.45) is -1.83. The molecule has 1 heterocycles. The van der Waals surface area contributed by atoms with E-state index >= 15 is 0 Å². The highest BCUT2D eigenvalue weighted by atomic mass is 32.2. The van der Waals surface area contributed by atoms with E-state index in [2.05, 4.69) is 16.6 Å². The van der Waals surface area contributed by atoms with Crippen molar-refractivity contribution in [1.82, 2.24) is 4.98 Å². The number of alkyl halides is 3. The number of carboxylic acid groups (broad SMARTS) is 2. The lowest BCUT2D eigenvalue weighted by Gasteiger charge is -2.23. The first kappa shape index (κ1) is 30.7. The largest absolute Gasteiger partial charge is 0.490 e. The molecule has 2 aromatic rings. The molecule has 200 valence electrons. The minimum Gasteiger partial charge on any atom is -0.478 e. The topological polar surface area (TPSA) is 137 Å². The molecule has 0 aliphatic rings. The molecule has 0 saturated carbocycles. The van der Waals surface area contributed by atoms with E-state index in [0.717, 1.165) is 24.0 Å². The second-order valence-corrected chi connectivity index (χ2v) is 9.59. The maximum absolute atomic E-state index is 12.9. The normalized spacial score (nSPS) is 11.3. The number of anilines is 2. The van der Waals surface area contributed by atoms with Gasteiger partial charge >= 0.3 is 18.1 Å². The predicted octanol–water partition coefficient (Wildman–Crippen LogP) is 4.77. The molecule has 0 aliphatic heterocycles. The van der Waals surface area contributed by atoms with E-state index in [1.54, 1.807) is 13.0 Å². The number of carboxylic acids is 2. The van der Waals surface area contributed by atoms with Crippen molar-refractivity contribution in [3.63, 3.8) is 0 Å². The lowest BCUT2D eigenvalue weighted by molar-refractivity contribution is -0.192. The molecule has 3 N–H and O–H groups in total. The number of carbonyl (C=O) groups is 2. The summed E-state index contributed by atoms with van der Waals surface area (Å²) < 4.78 is 60.0. The van der Waals surface area contributed by atoms with Crippen molar-refractivity contribution in [2.75, 3.05) is 22.7 Å². The van der Waals surface area contributed by atoms with Gasteiger partial charge in [-0.3, -0.25) is 4.72 Å². The Labute approximate surface area is 208 Å². The molecule has 1 aromatic carbocycles. The number of hydrogen-bond acceptors (Lipinski definition) is 6. The Morgan fingerprint density at radius 2 is 1.58 bits per heavy atom. The van der Waals surface area contributed by atoms with Gasteiger partial charge in [0.05, 0.1) is 16.8 Å². The van der Waals surface area contributed by atoms with Crippen LogP contribution in [-0.4, -0.2) is 54.8 Å². The van der Waals surface area contributed by atoms with Crippen LogP contribution >= 0.6 is 0 Å². The van der Waals surface area contributed by atoms with Crippen LogP contribution in [0.3, 0.4) is 0 Å². The van der Waals surface area contributed by atoms with Crippen LogP contribution in [0.2, 0.25) is 0 Å². The van der Waals surface area contributed by atoms with Gasteiger partial charge < -0.3 is 15.1 Å². The molecule has 0 saturated heterocycles. The summed E-state index contributed by atoms with van der Waals surface area (Å²) in [5.74, 6) is -3.56. The summed E-state index contributed by atoms with van der Waals surface area (Å²) in [7, 11) is -3.88. The van der Waals surface area contributed by atoms with Crippen molar-refractivity contribution in [3.05, 3.63) is 46.6 Å². The Balaban J connectivity index is 0.000000809. The van der Waals surface area contributed by atoms with Crippen molar-refractivity contribution in [2.45, 2.75) is 58.5 Å². The maximum atomic E-state index is 12.9. The van der Waals surface area contributed by atoms with E-state index in [-0.39, 0.29) is 16.1 Å². The molecule has 0 atom stereocenters. The Bertz CT molecular complexity index is 1200. The Hall–Kier alpha value is -3.35. The summed E-state index contributed by atoms with van der Waals surface area (Å²) in [6, 6.07) is 4.77. The summed E-state index contributed by atoms with van der Waals surface area (Å²) in [5, 5.41) is 16.8. The van der Waals surface area contributed by atoms with E-state index in [9.17, 15) is 31.5 Å². The number of nitrogens with zero attached hydrogens (tertiary/aromatic N) is 2. The number of aromatic nitrogens is 1. The van der Waals surface area contributed by atoms with E-state index in [1.807, 2.05) is 31.7 Å². The zero-order valence-electron chi connectivity index (χ0n) is 20.6. The molecule has 0 bridgehead atoms. The summed E-state index contributed by atoms with van der Waals surface area (Å²) in [6.45, 7) is 10.8. The molecule has 0 unspecified atom stereocenters. The van der Waals surface area contributed by atoms with Crippen LogP contribution in [0.1, 0.15) is 53.7 Å². The van der Waals surface area contributed by atoms with Crippen LogP contribution in [0, 0.1) is 20.8 Å². The lowest BCUT2D eigenvalue weighted by atomic mass is 10.1. The van der Waals surface area contributed by atoms with Crippen LogP contribution in [-0.2, 0) is 14.8 Å². The van der Waals surface area contributed by atoms with Crippen LogP contribution < -0.4 is 9.62 Å². The van der Waals surface area contributed by atoms with Crippen molar-refractivity contribution in [2.24, 2.45) is 0 Å². The minimum atomic E-state index is -5.08. The number of rotatable bonds is 9. The molecule has 0 spiro atoms. The molecule has 0 radical (unpaired) electrons. The molecule has 13 heteroatoms. The predicted molar refractivity (Wildman–Crippen MR) is 129 cm³/mol. The third-order valence-electron chi connectivity index (χ3n) is 5.14. The van der Waals surface area contributed by atoms with Crippen molar-refractivity contribution < 1.29 is 41.4 Å². The number of aliphatic carboxylic acids is 1. The zero-order chi connectivity index (χ0) is 27.8. The highest BCUT2D eigenvalue weighted by Crippen LogP contribution is 2.26. The number of halogens is 3. The number of aromatic carboxylic acids is 1.